The average Bonchev–Trinajstić information content (AvgIpc) is 3.14. The van der Waals surface area contributed by atoms with Crippen LogP contribution < -0.4 is 4.90 Å². The molecule has 5 nitrogen and oxygen atoms in total. The SMILES string of the molecule is Cn1nnc(N(Cc2cc(C(F)F)cc(C(F)F)c2)Cc2cc(C(F)(F)F)ccc2Br)n1. The van der Waals surface area contributed by atoms with Gasteiger partial charge in [-0.05, 0) is 52.7 Å². The van der Waals surface area contributed by atoms with Gasteiger partial charge in [-0.3, -0.25) is 0 Å². The van der Waals surface area contributed by atoms with Gasteiger partial charge in [0, 0.05) is 28.7 Å². The van der Waals surface area contributed by atoms with Gasteiger partial charge in [-0.15, -0.1) is 5.10 Å². The molecule has 32 heavy (non-hydrogen) atoms. The number of hydrogen-bond acceptors (Lipinski definition) is 4. The van der Waals surface area contributed by atoms with Crippen LogP contribution in [0.25, 0.3) is 0 Å². The fourth-order valence-corrected chi connectivity index (χ4v) is 3.36. The average molecular weight is 526 g/mol. The van der Waals surface area contributed by atoms with E-state index < -0.39 is 35.7 Å². The topological polar surface area (TPSA) is 46.8 Å². The number of tetrazole rings is 1. The number of anilines is 1. The molecule has 1 heterocycles. The molecule has 3 aromatic rings. The van der Waals surface area contributed by atoms with Gasteiger partial charge in [0.1, 0.15) is 0 Å². The van der Waals surface area contributed by atoms with Gasteiger partial charge in [0.25, 0.3) is 18.8 Å². The molecule has 0 aliphatic rings. The van der Waals surface area contributed by atoms with Gasteiger partial charge in [0.2, 0.25) is 0 Å². The summed E-state index contributed by atoms with van der Waals surface area (Å²) in [6, 6.07) is 5.88. The molecule has 13 heteroatoms. The molecule has 0 unspecified atom stereocenters. The first-order valence-corrected chi connectivity index (χ1v) is 9.78. The van der Waals surface area contributed by atoms with Gasteiger partial charge in [-0.1, -0.05) is 21.0 Å². The second kappa shape index (κ2) is 9.43. The second-order valence-corrected chi connectivity index (χ2v) is 7.70. The van der Waals surface area contributed by atoms with Crippen LogP contribution in [0, 0.1) is 0 Å². The minimum Gasteiger partial charge on any atom is -0.330 e. The van der Waals surface area contributed by atoms with E-state index in [9.17, 15) is 30.7 Å². The lowest BCUT2D eigenvalue weighted by Gasteiger charge is -2.23. The number of halogens is 8. The maximum atomic E-state index is 13.2. The Morgan fingerprint density at radius 2 is 1.59 bits per heavy atom. The number of alkyl halides is 7. The molecule has 0 saturated carbocycles. The first-order valence-electron chi connectivity index (χ1n) is 8.98. The van der Waals surface area contributed by atoms with Crippen LogP contribution in [-0.4, -0.2) is 20.2 Å². The maximum absolute atomic E-state index is 13.2. The first-order chi connectivity index (χ1) is 14.9. The summed E-state index contributed by atoms with van der Waals surface area (Å²) in [7, 11) is 1.46. The quantitative estimate of drug-likeness (QED) is 0.351. The molecule has 172 valence electrons. The molecule has 2 aromatic carbocycles. The zero-order valence-corrected chi connectivity index (χ0v) is 17.9. The predicted octanol–water partition coefficient (Wildman–Crippen LogP) is 6.07. The van der Waals surface area contributed by atoms with Crippen molar-refractivity contribution in [2.75, 3.05) is 4.90 Å². The molecule has 0 radical (unpaired) electrons. The van der Waals surface area contributed by atoms with E-state index in [2.05, 4.69) is 31.3 Å². The van der Waals surface area contributed by atoms with Crippen molar-refractivity contribution in [3.63, 3.8) is 0 Å². The Morgan fingerprint density at radius 3 is 2.09 bits per heavy atom. The van der Waals surface area contributed by atoms with Crippen LogP contribution in [0.3, 0.4) is 0 Å². The van der Waals surface area contributed by atoms with E-state index in [1.807, 2.05) is 0 Å². The minimum absolute atomic E-state index is 0.0159. The van der Waals surface area contributed by atoms with Crippen molar-refractivity contribution < 1.29 is 30.7 Å². The summed E-state index contributed by atoms with van der Waals surface area (Å²) in [5, 5.41) is 11.5. The van der Waals surface area contributed by atoms with Crippen molar-refractivity contribution in [3.8, 4) is 0 Å². The summed E-state index contributed by atoms with van der Waals surface area (Å²) in [6.07, 6.45) is -10.5. The van der Waals surface area contributed by atoms with E-state index in [4.69, 9.17) is 0 Å². The molecule has 1 aromatic heterocycles. The lowest BCUT2D eigenvalue weighted by molar-refractivity contribution is -0.137. The Morgan fingerprint density at radius 1 is 0.969 bits per heavy atom. The number of aromatic nitrogens is 4. The van der Waals surface area contributed by atoms with Gasteiger partial charge in [-0.2, -0.15) is 18.0 Å². The largest absolute Gasteiger partial charge is 0.416 e. The van der Waals surface area contributed by atoms with Crippen molar-refractivity contribution in [3.05, 3.63) is 68.7 Å². The molecule has 0 atom stereocenters. The second-order valence-electron chi connectivity index (χ2n) is 6.85. The fraction of sp³-hybridized carbons (Fsp3) is 0.316. The predicted molar refractivity (Wildman–Crippen MR) is 104 cm³/mol. The smallest absolute Gasteiger partial charge is 0.330 e. The molecule has 0 bridgehead atoms. The molecular weight excluding hydrogens is 511 g/mol. The third-order valence-corrected chi connectivity index (χ3v) is 5.20. The summed E-state index contributed by atoms with van der Waals surface area (Å²) >= 11 is 3.20. The molecule has 0 spiro atoms. The Labute approximate surface area is 186 Å². The third kappa shape index (κ3) is 5.75. The Balaban J connectivity index is 2.01. The van der Waals surface area contributed by atoms with Crippen molar-refractivity contribution in [1.82, 2.24) is 20.2 Å². The van der Waals surface area contributed by atoms with Gasteiger partial charge in [-0.25, -0.2) is 17.6 Å². The highest BCUT2D eigenvalue weighted by Gasteiger charge is 2.31. The Kier molecular flexibility index (Phi) is 7.06. The van der Waals surface area contributed by atoms with E-state index >= 15 is 0 Å². The standard InChI is InChI=1S/C19H15BrF7N5/c1-31-29-18(28-30-31)32(9-13-7-14(19(25,26)27)2-3-15(13)20)8-10-4-11(16(21)22)6-12(5-10)17(23)24/h2-7,16-17H,8-9H2,1H3. The summed E-state index contributed by atoms with van der Waals surface area (Å²) in [6.45, 7) is -0.409. The van der Waals surface area contributed by atoms with Gasteiger partial charge < -0.3 is 4.90 Å². The van der Waals surface area contributed by atoms with E-state index in [1.165, 1.54) is 18.0 Å². The first kappa shape index (κ1) is 24.0. The molecular formula is C19H15BrF7N5. The van der Waals surface area contributed by atoms with E-state index in [0.29, 0.717) is 10.5 Å². The van der Waals surface area contributed by atoms with Crippen molar-refractivity contribution in [1.29, 1.82) is 0 Å². The molecule has 0 N–H and O–H groups in total. The van der Waals surface area contributed by atoms with Crippen LogP contribution in [0.1, 0.15) is 40.7 Å². The van der Waals surface area contributed by atoms with Crippen LogP contribution in [0.15, 0.2) is 40.9 Å². The number of nitrogens with zero attached hydrogens (tertiary/aromatic N) is 5. The monoisotopic (exact) mass is 525 g/mol. The van der Waals surface area contributed by atoms with Gasteiger partial charge in [0.05, 0.1) is 12.6 Å². The molecule has 0 saturated heterocycles. The lowest BCUT2D eigenvalue weighted by atomic mass is 10.0. The summed E-state index contributed by atoms with van der Waals surface area (Å²) in [5.41, 5.74) is -1.78. The van der Waals surface area contributed by atoms with Crippen LogP contribution >= 0.6 is 15.9 Å². The van der Waals surface area contributed by atoms with E-state index in [-0.39, 0.29) is 30.2 Å². The minimum atomic E-state index is -4.58. The highest BCUT2D eigenvalue weighted by atomic mass is 79.9. The molecule has 0 fully saturated rings. The Bertz CT molecular complexity index is 1060. The molecule has 0 aliphatic carbocycles. The summed E-state index contributed by atoms with van der Waals surface area (Å²) < 4.78 is 92.6. The van der Waals surface area contributed by atoms with Crippen molar-refractivity contribution >= 4 is 21.9 Å². The highest BCUT2D eigenvalue weighted by molar-refractivity contribution is 9.10. The molecule has 3 rings (SSSR count). The van der Waals surface area contributed by atoms with Crippen molar-refractivity contribution in [2.45, 2.75) is 32.1 Å². The Hall–Kier alpha value is -2.70. The number of rotatable bonds is 7. The summed E-state index contributed by atoms with van der Waals surface area (Å²) in [4.78, 5) is 2.46. The number of benzene rings is 2. The normalized spacial score (nSPS) is 12.1. The van der Waals surface area contributed by atoms with Crippen LogP contribution in [0.4, 0.5) is 36.7 Å². The van der Waals surface area contributed by atoms with E-state index in [1.54, 1.807) is 0 Å². The lowest BCUT2D eigenvalue weighted by Crippen LogP contribution is -2.24. The zero-order chi connectivity index (χ0) is 23.6. The number of hydrogen-bond donors (Lipinski definition) is 0. The fourth-order valence-electron chi connectivity index (χ4n) is 2.99. The summed E-state index contributed by atoms with van der Waals surface area (Å²) in [5.74, 6) is -0.0159. The van der Waals surface area contributed by atoms with Gasteiger partial charge in [0.15, 0.2) is 0 Å². The molecule has 0 amide bonds. The molecule has 0 aliphatic heterocycles. The van der Waals surface area contributed by atoms with Crippen LogP contribution in [-0.2, 0) is 26.3 Å². The number of aryl methyl sites for hydroxylation is 1. The third-order valence-electron chi connectivity index (χ3n) is 4.43. The van der Waals surface area contributed by atoms with Gasteiger partial charge >= 0.3 is 6.18 Å². The van der Waals surface area contributed by atoms with Crippen LogP contribution in [0.5, 0.6) is 0 Å². The van der Waals surface area contributed by atoms with Crippen LogP contribution in [0.2, 0.25) is 0 Å². The maximum Gasteiger partial charge on any atom is 0.416 e. The van der Waals surface area contributed by atoms with E-state index in [0.717, 1.165) is 29.1 Å². The highest BCUT2D eigenvalue weighted by Crippen LogP contribution is 2.33. The zero-order valence-electron chi connectivity index (χ0n) is 16.3. The van der Waals surface area contributed by atoms with Crippen molar-refractivity contribution in [2.24, 2.45) is 7.05 Å².